The number of fused-ring (bicyclic) bond motifs is 3. The predicted molar refractivity (Wildman–Crippen MR) is 90.0 cm³/mol. The van der Waals surface area contributed by atoms with Crippen LogP contribution in [0.4, 0.5) is 0 Å². The Labute approximate surface area is 136 Å². The van der Waals surface area contributed by atoms with Crippen molar-refractivity contribution < 1.29 is 4.74 Å². The fourth-order valence-corrected chi connectivity index (χ4v) is 3.78. The summed E-state index contributed by atoms with van der Waals surface area (Å²) in [5.41, 5.74) is 5.90. The van der Waals surface area contributed by atoms with Gasteiger partial charge in [0.05, 0.1) is 19.2 Å². The molecule has 1 atom stereocenters. The fraction of sp³-hybridized carbons (Fsp3) is 0.250. The lowest BCUT2D eigenvalue weighted by molar-refractivity contribution is 0.265. The molecule has 2 aliphatic heterocycles. The van der Waals surface area contributed by atoms with Crippen LogP contribution < -0.4 is 4.74 Å². The summed E-state index contributed by atoms with van der Waals surface area (Å²) in [5.74, 6) is 0.840. The third-order valence-electron chi connectivity index (χ3n) is 4.88. The van der Waals surface area contributed by atoms with Crippen LogP contribution in [0.1, 0.15) is 22.7 Å². The van der Waals surface area contributed by atoms with E-state index in [9.17, 15) is 5.26 Å². The van der Waals surface area contributed by atoms with Gasteiger partial charge in [-0.2, -0.15) is 5.26 Å². The summed E-state index contributed by atoms with van der Waals surface area (Å²) in [4.78, 5) is 2.42. The zero-order valence-electron chi connectivity index (χ0n) is 13.1. The first-order valence-electron chi connectivity index (χ1n) is 7.91. The molecule has 0 fully saturated rings. The quantitative estimate of drug-likeness (QED) is 0.850. The molecule has 0 saturated heterocycles. The van der Waals surface area contributed by atoms with Gasteiger partial charge in [-0.1, -0.05) is 36.4 Å². The normalized spacial score (nSPS) is 19.9. The molecule has 0 aromatic heterocycles. The molecule has 0 bridgehead atoms. The van der Waals surface area contributed by atoms with Crippen molar-refractivity contribution in [3.63, 3.8) is 0 Å². The minimum atomic E-state index is 0.197. The van der Waals surface area contributed by atoms with E-state index in [-0.39, 0.29) is 6.04 Å². The van der Waals surface area contributed by atoms with Crippen LogP contribution >= 0.6 is 0 Å². The molecule has 114 valence electrons. The van der Waals surface area contributed by atoms with Gasteiger partial charge in [0, 0.05) is 18.7 Å². The Hall–Kier alpha value is -2.57. The summed E-state index contributed by atoms with van der Waals surface area (Å²) in [7, 11) is 1.67. The van der Waals surface area contributed by atoms with Crippen molar-refractivity contribution in [2.75, 3.05) is 20.2 Å². The van der Waals surface area contributed by atoms with E-state index in [1.807, 2.05) is 12.1 Å². The Morgan fingerprint density at radius 2 is 1.91 bits per heavy atom. The summed E-state index contributed by atoms with van der Waals surface area (Å²) in [6, 6.07) is 19.3. The molecule has 0 radical (unpaired) electrons. The number of nitriles is 1. The first-order valence-corrected chi connectivity index (χ1v) is 7.91. The van der Waals surface area contributed by atoms with E-state index in [0.717, 1.165) is 42.0 Å². The van der Waals surface area contributed by atoms with E-state index < -0.39 is 0 Å². The maximum Gasteiger partial charge on any atom is 0.118 e. The molecular formula is C20H18N2O. The minimum absolute atomic E-state index is 0.197. The van der Waals surface area contributed by atoms with Gasteiger partial charge in [-0.25, -0.2) is 0 Å². The van der Waals surface area contributed by atoms with Crippen LogP contribution in [-0.4, -0.2) is 25.1 Å². The number of methoxy groups -OCH3 is 1. The Morgan fingerprint density at radius 1 is 1.13 bits per heavy atom. The standard InChI is InChI=1S/C20H18N2O/c1-23-17-8-6-15(7-9-17)19-16(12-21)13-22-11-10-14-4-2-3-5-18(14)20(19)22/h2-9,20H,10-11,13H2,1H3. The van der Waals surface area contributed by atoms with E-state index in [4.69, 9.17) is 4.74 Å². The average molecular weight is 302 g/mol. The van der Waals surface area contributed by atoms with Crippen molar-refractivity contribution >= 4 is 5.57 Å². The SMILES string of the molecule is COc1ccc(C2=C(C#N)CN3CCc4ccccc4C23)cc1. The highest BCUT2D eigenvalue weighted by atomic mass is 16.5. The van der Waals surface area contributed by atoms with Gasteiger partial charge in [0.25, 0.3) is 0 Å². The van der Waals surface area contributed by atoms with Gasteiger partial charge in [-0.05, 0) is 40.8 Å². The van der Waals surface area contributed by atoms with Crippen LogP contribution in [-0.2, 0) is 6.42 Å². The lowest BCUT2D eigenvalue weighted by Crippen LogP contribution is -2.32. The van der Waals surface area contributed by atoms with Gasteiger partial charge >= 0.3 is 0 Å². The smallest absolute Gasteiger partial charge is 0.118 e. The van der Waals surface area contributed by atoms with Crippen molar-refractivity contribution in [3.05, 3.63) is 70.8 Å². The Balaban J connectivity index is 1.84. The van der Waals surface area contributed by atoms with Crippen LogP contribution in [0.15, 0.2) is 54.1 Å². The number of rotatable bonds is 2. The van der Waals surface area contributed by atoms with Gasteiger partial charge in [-0.3, -0.25) is 4.90 Å². The molecule has 0 aliphatic carbocycles. The summed E-state index contributed by atoms with van der Waals surface area (Å²) < 4.78 is 5.26. The second kappa shape index (κ2) is 5.57. The van der Waals surface area contributed by atoms with E-state index >= 15 is 0 Å². The molecule has 23 heavy (non-hydrogen) atoms. The van der Waals surface area contributed by atoms with Gasteiger partial charge in [0.2, 0.25) is 0 Å². The molecule has 4 rings (SSSR count). The van der Waals surface area contributed by atoms with E-state index in [0.29, 0.717) is 0 Å². The lowest BCUT2D eigenvalue weighted by atomic mass is 9.86. The lowest BCUT2D eigenvalue weighted by Gasteiger charge is -2.33. The maximum atomic E-state index is 9.63. The molecule has 2 aromatic carbocycles. The molecule has 3 nitrogen and oxygen atoms in total. The second-order valence-corrected chi connectivity index (χ2v) is 6.05. The number of ether oxygens (including phenoxy) is 1. The third-order valence-corrected chi connectivity index (χ3v) is 4.88. The van der Waals surface area contributed by atoms with Crippen LogP contribution in [0.3, 0.4) is 0 Å². The van der Waals surface area contributed by atoms with Gasteiger partial charge < -0.3 is 4.74 Å². The van der Waals surface area contributed by atoms with Crippen molar-refractivity contribution in [1.82, 2.24) is 4.90 Å². The topological polar surface area (TPSA) is 36.3 Å². The average Bonchev–Trinajstić information content (AvgIpc) is 3.01. The summed E-state index contributed by atoms with van der Waals surface area (Å²) in [6.45, 7) is 1.75. The van der Waals surface area contributed by atoms with Crippen molar-refractivity contribution in [3.8, 4) is 11.8 Å². The summed E-state index contributed by atoms with van der Waals surface area (Å²) in [6.07, 6.45) is 1.06. The van der Waals surface area contributed by atoms with Crippen molar-refractivity contribution in [2.45, 2.75) is 12.5 Å². The Kier molecular flexibility index (Phi) is 3.40. The van der Waals surface area contributed by atoms with Crippen LogP contribution in [0.2, 0.25) is 0 Å². The number of nitrogens with zero attached hydrogens (tertiary/aromatic N) is 2. The fourth-order valence-electron chi connectivity index (χ4n) is 3.78. The molecule has 0 spiro atoms. The molecule has 0 N–H and O–H groups in total. The molecule has 2 aliphatic rings. The van der Waals surface area contributed by atoms with Gasteiger partial charge in [0.1, 0.15) is 5.75 Å². The molecule has 1 unspecified atom stereocenters. The number of hydrogen-bond donors (Lipinski definition) is 0. The van der Waals surface area contributed by atoms with Gasteiger partial charge in [-0.15, -0.1) is 0 Å². The first-order chi connectivity index (χ1) is 11.3. The first kappa shape index (κ1) is 14.0. The highest BCUT2D eigenvalue weighted by molar-refractivity contribution is 5.80. The van der Waals surface area contributed by atoms with E-state index in [2.05, 4.69) is 47.4 Å². The zero-order valence-corrected chi connectivity index (χ0v) is 13.1. The molecule has 0 saturated carbocycles. The second-order valence-electron chi connectivity index (χ2n) is 6.05. The van der Waals surface area contributed by atoms with Crippen molar-refractivity contribution in [2.24, 2.45) is 0 Å². The summed E-state index contributed by atoms with van der Waals surface area (Å²) in [5, 5.41) is 9.63. The molecular weight excluding hydrogens is 284 g/mol. The van der Waals surface area contributed by atoms with E-state index in [1.54, 1.807) is 7.11 Å². The molecule has 2 heterocycles. The maximum absolute atomic E-state index is 9.63. The Bertz CT molecular complexity index is 814. The number of benzene rings is 2. The third kappa shape index (κ3) is 2.23. The number of hydrogen-bond acceptors (Lipinski definition) is 3. The van der Waals surface area contributed by atoms with Crippen LogP contribution in [0.25, 0.3) is 5.57 Å². The highest BCUT2D eigenvalue weighted by Gasteiger charge is 2.37. The largest absolute Gasteiger partial charge is 0.497 e. The highest BCUT2D eigenvalue weighted by Crippen LogP contribution is 2.46. The van der Waals surface area contributed by atoms with Crippen molar-refractivity contribution in [1.29, 1.82) is 5.26 Å². The Morgan fingerprint density at radius 3 is 2.65 bits per heavy atom. The predicted octanol–water partition coefficient (Wildman–Crippen LogP) is 3.59. The van der Waals surface area contributed by atoms with Crippen LogP contribution in [0, 0.1) is 11.3 Å². The summed E-state index contributed by atoms with van der Waals surface area (Å²) >= 11 is 0. The minimum Gasteiger partial charge on any atom is -0.497 e. The molecule has 2 aromatic rings. The van der Waals surface area contributed by atoms with Crippen LogP contribution in [0.5, 0.6) is 5.75 Å². The van der Waals surface area contributed by atoms with Gasteiger partial charge in [0.15, 0.2) is 0 Å². The van der Waals surface area contributed by atoms with E-state index in [1.165, 1.54) is 11.1 Å². The zero-order chi connectivity index (χ0) is 15.8. The monoisotopic (exact) mass is 302 g/mol. The molecule has 3 heteroatoms. The molecule has 0 amide bonds.